The monoisotopic (exact) mass is 392 g/mol. The standard InChI is InChI=1S/C22H28N6O/c1-16(18-10-6-5-7-11-18)25-22(24-15-21-27-26-17(2)28(21)3)23-14-19-12-8-9-13-20(19)29-4/h5-13,16H,14-15H2,1-4H3,(H2,23,24,25). The third-order valence-electron chi connectivity index (χ3n) is 4.85. The fourth-order valence-electron chi connectivity index (χ4n) is 2.95. The molecule has 1 heterocycles. The molecule has 0 radical (unpaired) electrons. The lowest BCUT2D eigenvalue weighted by Gasteiger charge is -2.19. The molecular formula is C22H28N6O. The van der Waals surface area contributed by atoms with Crippen LogP contribution in [0.4, 0.5) is 0 Å². The molecule has 2 N–H and O–H groups in total. The molecule has 0 aliphatic heterocycles. The molecule has 152 valence electrons. The molecule has 0 amide bonds. The molecule has 1 atom stereocenters. The van der Waals surface area contributed by atoms with Crippen molar-refractivity contribution in [1.82, 2.24) is 25.4 Å². The van der Waals surface area contributed by atoms with Crippen LogP contribution < -0.4 is 15.4 Å². The van der Waals surface area contributed by atoms with Gasteiger partial charge in [-0.2, -0.15) is 0 Å². The molecule has 29 heavy (non-hydrogen) atoms. The van der Waals surface area contributed by atoms with E-state index >= 15 is 0 Å². The van der Waals surface area contributed by atoms with Crippen LogP contribution in [-0.4, -0.2) is 27.8 Å². The van der Waals surface area contributed by atoms with Gasteiger partial charge in [0, 0.05) is 12.6 Å². The lowest BCUT2D eigenvalue weighted by atomic mass is 10.1. The topological polar surface area (TPSA) is 76.4 Å². The Hall–Kier alpha value is -3.35. The second-order valence-electron chi connectivity index (χ2n) is 6.83. The number of aliphatic imine (C=N–C) groups is 1. The quantitative estimate of drug-likeness (QED) is 0.477. The summed E-state index contributed by atoms with van der Waals surface area (Å²) in [7, 11) is 3.63. The number of guanidine groups is 1. The predicted molar refractivity (Wildman–Crippen MR) is 115 cm³/mol. The molecule has 2 aromatic carbocycles. The third kappa shape index (κ3) is 5.34. The molecule has 3 aromatic rings. The molecule has 1 aromatic heterocycles. The van der Waals surface area contributed by atoms with Gasteiger partial charge in [-0.1, -0.05) is 48.5 Å². The summed E-state index contributed by atoms with van der Waals surface area (Å²) in [6, 6.07) is 18.3. The van der Waals surface area contributed by atoms with Crippen molar-refractivity contribution in [3.63, 3.8) is 0 Å². The second kappa shape index (κ2) is 9.73. The SMILES string of the molecule is COc1ccccc1CN=C(NCc1nnc(C)n1C)NC(C)c1ccccc1. The average molecular weight is 393 g/mol. The zero-order valence-electron chi connectivity index (χ0n) is 17.4. The normalized spacial score (nSPS) is 12.5. The molecule has 0 aliphatic carbocycles. The van der Waals surface area contributed by atoms with Gasteiger partial charge < -0.3 is 19.9 Å². The van der Waals surface area contributed by atoms with Crippen LogP contribution in [-0.2, 0) is 20.1 Å². The molecule has 3 rings (SSSR count). The summed E-state index contributed by atoms with van der Waals surface area (Å²) >= 11 is 0. The number of hydrogen-bond donors (Lipinski definition) is 2. The van der Waals surface area contributed by atoms with Crippen LogP contribution in [0, 0.1) is 6.92 Å². The van der Waals surface area contributed by atoms with Gasteiger partial charge in [0.15, 0.2) is 11.8 Å². The van der Waals surface area contributed by atoms with Crippen molar-refractivity contribution >= 4 is 5.96 Å². The van der Waals surface area contributed by atoms with Crippen LogP contribution in [0.3, 0.4) is 0 Å². The minimum atomic E-state index is 0.0985. The van der Waals surface area contributed by atoms with Crippen molar-refractivity contribution in [1.29, 1.82) is 0 Å². The van der Waals surface area contributed by atoms with Crippen LogP contribution in [0.1, 0.15) is 35.7 Å². The van der Waals surface area contributed by atoms with E-state index in [0.29, 0.717) is 19.0 Å². The van der Waals surface area contributed by atoms with Gasteiger partial charge in [0.1, 0.15) is 11.6 Å². The summed E-state index contributed by atoms with van der Waals surface area (Å²) in [5.74, 6) is 3.25. The van der Waals surface area contributed by atoms with Crippen LogP contribution in [0.2, 0.25) is 0 Å². The molecular weight excluding hydrogens is 364 g/mol. The number of aromatic nitrogens is 3. The Labute approximate surface area is 171 Å². The highest BCUT2D eigenvalue weighted by molar-refractivity contribution is 5.80. The Morgan fingerprint density at radius 3 is 2.52 bits per heavy atom. The van der Waals surface area contributed by atoms with Crippen molar-refractivity contribution in [2.24, 2.45) is 12.0 Å². The molecule has 0 saturated carbocycles. The van der Waals surface area contributed by atoms with Gasteiger partial charge in [-0.25, -0.2) is 4.99 Å². The van der Waals surface area contributed by atoms with E-state index in [-0.39, 0.29) is 6.04 Å². The highest BCUT2D eigenvalue weighted by Gasteiger charge is 2.11. The van der Waals surface area contributed by atoms with E-state index < -0.39 is 0 Å². The average Bonchev–Trinajstić information content (AvgIpc) is 3.08. The Bertz CT molecular complexity index is 951. The predicted octanol–water partition coefficient (Wildman–Crippen LogP) is 3.13. The Kier molecular flexibility index (Phi) is 6.84. The highest BCUT2D eigenvalue weighted by Crippen LogP contribution is 2.18. The summed E-state index contributed by atoms with van der Waals surface area (Å²) in [6.07, 6.45) is 0. The summed E-state index contributed by atoms with van der Waals surface area (Å²) in [5, 5.41) is 15.2. The van der Waals surface area contributed by atoms with Crippen LogP contribution >= 0.6 is 0 Å². The number of para-hydroxylation sites is 1. The number of rotatable bonds is 7. The zero-order chi connectivity index (χ0) is 20.6. The summed E-state index contributed by atoms with van der Waals surface area (Å²) in [5.41, 5.74) is 2.21. The van der Waals surface area contributed by atoms with E-state index in [1.807, 2.05) is 61.0 Å². The minimum absolute atomic E-state index is 0.0985. The fraction of sp³-hybridized carbons (Fsp3) is 0.318. The van der Waals surface area contributed by atoms with Gasteiger partial charge in [0.25, 0.3) is 0 Å². The van der Waals surface area contributed by atoms with Gasteiger partial charge in [0.05, 0.1) is 26.2 Å². The Morgan fingerprint density at radius 1 is 1.10 bits per heavy atom. The summed E-state index contributed by atoms with van der Waals surface area (Å²) in [6.45, 7) is 5.07. The van der Waals surface area contributed by atoms with Crippen LogP contribution in [0.5, 0.6) is 5.75 Å². The first kappa shape index (κ1) is 20.4. The third-order valence-corrected chi connectivity index (χ3v) is 4.85. The van der Waals surface area contributed by atoms with Gasteiger partial charge in [-0.15, -0.1) is 10.2 Å². The number of aryl methyl sites for hydroxylation is 1. The first-order chi connectivity index (χ1) is 14.1. The van der Waals surface area contributed by atoms with Crippen molar-refractivity contribution < 1.29 is 4.74 Å². The first-order valence-corrected chi connectivity index (χ1v) is 9.65. The number of ether oxygens (including phenoxy) is 1. The van der Waals surface area contributed by atoms with Gasteiger partial charge >= 0.3 is 0 Å². The van der Waals surface area contributed by atoms with Crippen molar-refractivity contribution in [3.8, 4) is 5.75 Å². The minimum Gasteiger partial charge on any atom is -0.496 e. The maximum Gasteiger partial charge on any atom is 0.192 e. The lowest BCUT2D eigenvalue weighted by molar-refractivity contribution is 0.410. The number of benzene rings is 2. The fourth-order valence-corrected chi connectivity index (χ4v) is 2.95. The maximum absolute atomic E-state index is 5.44. The number of methoxy groups -OCH3 is 1. The molecule has 7 nitrogen and oxygen atoms in total. The molecule has 0 bridgehead atoms. The summed E-state index contributed by atoms with van der Waals surface area (Å²) < 4.78 is 7.41. The molecule has 1 unspecified atom stereocenters. The van der Waals surface area contributed by atoms with Crippen molar-refractivity contribution in [2.75, 3.05) is 7.11 Å². The van der Waals surface area contributed by atoms with Crippen molar-refractivity contribution in [3.05, 3.63) is 77.4 Å². The molecule has 7 heteroatoms. The van der Waals surface area contributed by atoms with E-state index in [9.17, 15) is 0 Å². The summed E-state index contributed by atoms with van der Waals surface area (Å²) in [4.78, 5) is 4.78. The second-order valence-corrected chi connectivity index (χ2v) is 6.83. The molecule has 0 saturated heterocycles. The largest absolute Gasteiger partial charge is 0.496 e. The van der Waals surface area contributed by atoms with Crippen molar-refractivity contribution in [2.45, 2.75) is 33.0 Å². The van der Waals surface area contributed by atoms with Gasteiger partial charge in [-0.3, -0.25) is 0 Å². The first-order valence-electron chi connectivity index (χ1n) is 9.65. The molecule has 0 aliphatic rings. The smallest absolute Gasteiger partial charge is 0.192 e. The van der Waals surface area contributed by atoms with E-state index in [0.717, 1.165) is 23.0 Å². The zero-order valence-corrected chi connectivity index (χ0v) is 17.4. The molecule has 0 spiro atoms. The highest BCUT2D eigenvalue weighted by atomic mass is 16.5. The number of nitrogens with one attached hydrogen (secondary N) is 2. The van der Waals surface area contributed by atoms with E-state index in [4.69, 9.17) is 9.73 Å². The van der Waals surface area contributed by atoms with Crippen LogP contribution in [0.25, 0.3) is 0 Å². The van der Waals surface area contributed by atoms with Crippen LogP contribution in [0.15, 0.2) is 59.6 Å². The lowest BCUT2D eigenvalue weighted by Crippen LogP contribution is -2.39. The maximum atomic E-state index is 5.44. The van der Waals surface area contributed by atoms with E-state index in [1.54, 1.807) is 7.11 Å². The molecule has 0 fully saturated rings. The van der Waals surface area contributed by atoms with Gasteiger partial charge in [-0.05, 0) is 25.5 Å². The van der Waals surface area contributed by atoms with E-state index in [2.05, 4.69) is 39.9 Å². The number of nitrogens with zero attached hydrogens (tertiary/aromatic N) is 4. The van der Waals surface area contributed by atoms with E-state index in [1.165, 1.54) is 5.56 Å². The Morgan fingerprint density at radius 2 is 1.83 bits per heavy atom. The van der Waals surface area contributed by atoms with Gasteiger partial charge in [0.2, 0.25) is 0 Å². The Balaban J connectivity index is 1.77. The number of hydrogen-bond acceptors (Lipinski definition) is 4.